The summed E-state index contributed by atoms with van der Waals surface area (Å²) in [6.45, 7) is 5.52. The van der Waals surface area contributed by atoms with Crippen LogP contribution in [0.1, 0.15) is 28.4 Å². The van der Waals surface area contributed by atoms with E-state index in [2.05, 4.69) is 20.8 Å². The Morgan fingerprint density at radius 2 is 1.96 bits per heavy atom. The van der Waals surface area contributed by atoms with Crippen molar-refractivity contribution in [3.63, 3.8) is 0 Å². The maximum absolute atomic E-state index is 12.2. The van der Waals surface area contributed by atoms with E-state index < -0.39 is 17.9 Å². The van der Waals surface area contributed by atoms with E-state index in [1.54, 1.807) is 48.4 Å². The zero-order valence-electron chi connectivity index (χ0n) is 15.8. The summed E-state index contributed by atoms with van der Waals surface area (Å²) < 4.78 is 7.42. The second kappa shape index (κ2) is 8.34. The third-order valence-electron chi connectivity index (χ3n) is 4.31. The van der Waals surface area contributed by atoms with E-state index in [0.717, 1.165) is 11.1 Å². The number of benzene rings is 1. The van der Waals surface area contributed by atoms with Gasteiger partial charge < -0.3 is 4.74 Å². The lowest BCUT2D eigenvalue weighted by Crippen LogP contribution is -2.47. The van der Waals surface area contributed by atoms with Gasteiger partial charge in [-0.2, -0.15) is 0 Å². The van der Waals surface area contributed by atoms with E-state index in [-0.39, 0.29) is 0 Å². The zero-order valence-corrected chi connectivity index (χ0v) is 15.8. The smallest absolute Gasteiger partial charge is 0.279 e. The van der Waals surface area contributed by atoms with Gasteiger partial charge >= 0.3 is 0 Å². The second-order valence-electron chi connectivity index (χ2n) is 6.28. The highest BCUT2D eigenvalue weighted by Crippen LogP contribution is 2.21. The quantitative estimate of drug-likeness (QED) is 0.662. The van der Waals surface area contributed by atoms with E-state index in [1.165, 1.54) is 6.20 Å². The molecule has 0 saturated carbocycles. The van der Waals surface area contributed by atoms with E-state index in [4.69, 9.17) is 4.74 Å². The van der Waals surface area contributed by atoms with Crippen molar-refractivity contribution in [3.05, 3.63) is 71.9 Å². The van der Waals surface area contributed by atoms with E-state index >= 15 is 0 Å². The van der Waals surface area contributed by atoms with Crippen LogP contribution in [-0.4, -0.2) is 32.5 Å². The van der Waals surface area contributed by atoms with Crippen molar-refractivity contribution in [2.45, 2.75) is 26.9 Å². The number of hydrogen-bond acceptors (Lipinski definition) is 5. The zero-order chi connectivity index (χ0) is 20.1. The van der Waals surface area contributed by atoms with Crippen molar-refractivity contribution in [1.29, 1.82) is 0 Å². The molecule has 1 atom stereocenters. The van der Waals surface area contributed by atoms with Crippen molar-refractivity contribution in [2.75, 3.05) is 0 Å². The van der Waals surface area contributed by atoms with Gasteiger partial charge in [0.05, 0.1) is 5.56 Å². The number of nitrogens with one attached hydrogen (secondary N) is 2. The third kappa shape index (κ3) is 4.35. The summed E-state index contributed by atoms with van der Waals surface area (Å²) in [5, 5.41) is 0. The molecule has 2 aromatic heterocycles. The molecule has 1 unspecified atom stereocenters. The summed E-state index contributed by atoms with van der Waals surface area (Å²) in [5.74, 6) is 0.330. The van der Waals surface area contributed by atoms with Crippen LogP contribution in [0.3, 0.4) is 0 Å². The van der Waals surface area contributed by atoms with Crippen molar-refractivity contribution in [1.82, 2.24) is 25.4 Å². The van der Waals surface area contributed by atoms with Crippen LogP contribution in [0.25, 0.3) is 5.82 Å². The van der Waals surface area contributed by atoms with Crippen LogP contribution in [-0.2, 0) is 4.79 Å². The molecule has 2 N–H and O–H groups in total. The minimum Gasteiger partial charge on any atom is -0.481 e. The molecule has 8 nitrogen and oxygen atoms in total. The molecule has 0 aliphatic carbocycles. The average molecular weight is 379 g/mol. The van der Waals surface area contributed by atoms with Gasteiger partial charge in [-0.3, -0.25) is 25.0 Å². The van der Waals surface area contributed by atoms with Gasteiger partial charge in [-0.15, -0.1) is 0 Å². The maximum atomic E-state index is 12.2. The molecule has 1 aromatic carbocycles. The fourth-order valence-electron chi connectivity index (χ4n) is 2.46. The van der Waals surface area contributed by atoms with Gasteiger partial charge in [0.1, 0.15) is 17.9 Å². The first-order chi connectivity index (χ1) is 13.5. The Morgan fingerprint density at radius 3 is 2.64 bits per heavy atom. The number of carbonyl (C=O) groups excluding carboxylic acids is 2. The lowest BCUT2D eigenvalue weighted by Gasteiger charge is -2.17. The Morgan fingerprint density at radius 1 is 1.14 bits per heavy atom. The molecule has 8 heteroatoms. The van der Waals surface area contributed by atoms with Crippen molar-refractivity contribution < 1.29 is 14.3 Å². The highest BCUT2D eigenvalue weighted by Gasteiger charge is 2.17. The van der Waals surface area contributed by atoms with Crippen LogP contribution in [0, 0.1) is 13.8 Å². The first-order valence-electron chi connectivity index (χ1n) is 8.73. The molecule has 2 heterocycles. The van der Waals surface area contributed by atoms with E-state index in [9.17, 15) is 9.59 Å². The molecule has 0 bridgehead atoms. The molecule has 0 aliphatic rings. The number of aromatic nitrogens is 3. The molecule has 2 amide bonds. The second-order valence-corrected chi connectivity index (χ2v) is 6.28. The molecule has 0 radical (unpaired) electrons. The fraction of sp³-hybridized carbons (Fsp3) is 0.200. The lowest BCUT2D eigenvalue weighted by molar-refractivity contribution is -0.128. The molecule has 0 aliphatic heterocycles. The van der Waals surface area contributed by atoms with Gasteiger partial charge in [-0.1, -0.05) is 12.1 Å². The molecule has 0 saturated heterocycles. The van der Waals surface area contributed by atoms with Gasteiger partial charge in [-0.25, -0.2) is 9.97 Å². The number of amides is 2. The number of hydrazine groups is 1. The number of hydrogen-bond donors (Lipinski definition) is 2. The molecule has 3 aromatic rings. The molecule has 0 fully saturated rings. The van der Waals surface area contributed by atoms with Gasteiger partial charge in [0, 0.05) is 18.6 Å². The summed E-state index contributed by atoms with van der Waals surface area (Å²) >= 11 is 0. The molecule has 3 rings (SSSR count). The van der Waals surface area contributed by atoms with E-state index in [1.807, 2.05) is 26.0 Å². The normalized spacial score (nSPS) is 11.5. The Bertz CT molecular complexity index is 968. The summed E-state index contributed by atoms with van der Waals surface area (Å²) in [7, 11) is 0. The van der Waals surface area contributed by atoms with Gasteiger partial charge in [0.15, 0.2) is 6.10 Å². The number of carbonyl (C=O) groups is 2. The monoisotopic (exact) mass is 379 g/mol. The van der Waals surface area contributed by atoms with E-state index in [0.29, 0.717) is 17.1 Å². The molecule has 0 spiro atoms. The Balaban J connectivity index is 1.55. The molecular weight excluding hydrogens is 358 g/mol. The maximum Gasteiger partial charge on any atom is 0.279 e. The number of nitrogens with zero attached hydrogens (tertiary/aromatic N) is 3. The SMILES string of the molecule is Cc1cccc(OC(C)C(=O)NNC(=O)c2ccc(-n3ccnc3)nc2)c1C. The average Bonchev–Trinajstić information content (AvgIpc) is 3.24. The largest absolute Gasteiger partial charge is 0.481 e. The summed E-state index contributed by atoms with van der Waals surface area (Å²) in [5.41, 5.74) is 7.09. The first kappa shape index (κ1) is 19.1. The van der Waals surface area contributed by atoms with Crippen molar-refractivity contribution in [3.8, 4) is 11.6 Å². The number of imidazole rings is 1. The summed E-state index contributed by atoms with van der Waals surface area (Å²) in [4.78, 5) is 32.6. The number of rotatable bonds is 5. The van der Waals surface area contributed by atoms with Crippen LogP contribution >= 0.6 is 0 Å². The highest BCUT2D eigenvalue weighted by molar-refractivity contribution is 5.95. The first-order valence-corrected chi connectivity index (χ1v) is 8.73. The molecular formula is C20H21N5O3. The predicted molar refractivity (Wildman–Crippen MR) is 103 cm³/mol. The lowest BCUT2D eigenvalue weighted by atomic mass is 10.1. The minimum absolute atomic E-state index is 0.312. The highest BCUT2D eigenvalue weighted by atomic mass is 16.5. The number of aryl methyl sites for hydroxylation is 1. The van der Waals surface area contributed by atoms with Crippen LogP contribution in [0.2, 0.25) is 0 Å². The van der Waals surface area contributed by atoms with Gasteiger partial charge in [-0.05, 0) is 50.1 Å². The van der Waals surface area contributed by atoms with Crippen LogP contribution in [0.5, 0.6) is 5.75 Å². The predicted octanol–water partition coefficient (Wildman–Crippen LogP) is 2.11. The number of pyridine rings is 1. The van der Waals surface area contributed by atoms with Gasteiger partial charge in [0.25, 0.3) is 11.8 Å². The van der Waals surface area contributed by atoms with Gasteiger partial charge in [0.2, 0.25) is 0 Å². The Kier molecular flexibility index (Phi) is 5.69. The summed E-state index contributed by atoms with van der Waals surface area (Å²) in [6, 6.07) is 8.94. The Hall–Kier alpha value is -3.68. The fourth-order valence-corrected chi connectivity index (χ4v) is 2.46. The van der Waals surface area contributed by atoms with Crippen LogP contribution in [0.15, 0.2) is 55.2 Å². The minimum atomic E-state index is -0.775. The van der Waals surface area contributed by atoms with Crippen molar-refractivity contribution >= 4 is 11.8 Å². The van der Waals surface area contributed by atoms with Crippen LogP contribution < -0.4 is 15.6 Å². The molecule has 28 heavy (non-hydrogen) atoms. The summed E-state index contributed by atoms with van der Waals surface area (Å²) in [6.07, 6.45) is 5.65. The Labute approximate surface area is 162 Å². The van der Waals surface area contributed by atoms with Crippen molar-refractivity contribution in [2.24, 2.45) is 0 Å². The topological polar surface area (TPSA) is 98.1 Å². The standard InChI is InChI=1S/C20H21N5O3/c1-13-5-4-6-17(14(13)2)28-15(3)19(26)23-24-20(27)16-7-8-18(22-11-16)25-10-9-21-12-25/h4-12,15H,1-3H3,(H,23,26)(H,24,27). The van der Waals surface area contributed by atoms with Crippen LogP contribution in [0.4, 0.5) is 0 Å². The number of ether oxygens (including phenoxy) is 1. The molecule has 144 valence electrons. The third-order valence-corrected chi connectivity index (χ3v) is 4.31.